The predicted molar refractivity (Wildman–Crippen MR) is 139 cm³/mol. The van der Waals surface area contributed by atoms with Gasteiger partial charge in [0.1, 0.15) is 0 Å². The van der Waals surface area contributed by atoms with Crippen LogP contribution in [0.15, 0.2) is 48.7 Å². The SMILES string of the molecule is O=C(c1cnn(-c2ccccc2)n1)N1CCN(c2ccc(N3CCN(CC4CCCO4)CC3)nn2)CC1. The van der Waals surface area contributed by atoms with Gasteiger partial charge in [0.2, 0.25) is 0 Å². The molecule has 0 bridgehead atoms. The third-order valence-electron chi connectivity index (χ3n) is 7.41. The molecule has 3 aliphatic rings. The zero-order chi connectivity index (χ0) is 25.0. The van der Waals surface area contributed by atoms with E-state index in [4.69, 9.17) is 4.74 Å². The van der Waals surface area contributed by atoms with Crippen molar-refractivity contribution in [2.45, 2.75) is 18.9 Å². The number of rotatable bonds is 6. The van der Waals surface area contributed by atoms with Crippen molar-refractivity contribution in [1.82, 2.24) is 35.0 Å². The average Bonchev–Trinajstić information content (AvgIpc) is 3.67. The predicted octanol–water partition coefficient (Wildman–Crippen LogP) is 1.32. The Morgan fingerprint density at radius 1 is 0.865 bits per heavy atom. The number of nitrogens with zero attached hydrogens (tertiary/aromatic N) is 9. The number of ether oxygens (including phenoxy) is 1. The zero-order valence-corrected chi connectivity index (χ0v) is 21.0. The summed E-state index contributed by atoms with van der Waals surface area (Å²) < 4.78 is 5.79. The molecular formula is C26H33N9O2. The second kappa shape index (κ2) is 10.8. The van der Waals surface area contributed by atoms with Crippen molar-refractivity contribution in [1.29, 1.82) is 0 Å². The van der Waals surface area contributed by atoms with E-state index in [0.717, 1.165) is 56.7 Å². The normalized spacial score (nSPS) is 21.0. The third-order valence-corrected chi connectivity index (χ3v) is 7.41. The molecule has 0 radical (unpaired) electrons. The fourth-order valence-corrected chi connectivity index (χ4v) is 5.24. The molecule has 0 spiro atoms. The van der Waals surface area contributed by atoms with Crippen molar-refractivity contribution in [2.24, 2.45) is 0 Å². The van der Waals surface area contributed by atoms with Crippen LogP contribution in [0.1, 0.15) is 23.3 Å². The average molecular weight is 504 g/mol. The minimum absolute atomic E-state index is 0.0955. The van der Waals surface area contributed by atoms with Gasteiger partial charge in [0.15, 0.2) is 17.3 Å². The van der Waals surface area contributed by atoms with Gasteiger partial charge in [-0.15, -0.1) is 15.3 Å². The Morgan fingerprint density at radius 2 is 1.54 bits per heavy atom. The highest BCUT2D eigenvalue weighted by Crippen LogP contribution is 2.20. The number of carbonyl (C=O) groups is 1. The first-order chi connectivity index (χ1) is 18.2. The molecule has 0 saturated carbocycles. The molecule has 6 rings (SSSR count). The highest BCUT2D eigenvalue weighted by molar-refractivity contribution is 5.92. The van der Waals surface area contributed by atoms with E-state index < -0.39 is 0 Å². The molecule has 11 nitrogen and oxygen atoms in total. The van der Waals surface area contributed by atoms with Gasteiger partial charge < -0.3 is 19.4 Å². The van der Waals surface area contributed by atoms with Crippen LogP contribution >= 0.6 is 0 Å². The van der Waals surface area contributed by atoms with E-state index in [2.05, 4.69) is 41.2 Å². The smallest absolute Gasteiger partial charge is 0.276 e. The molecule has 1 amide bonds. The van der Waals surface area contributed by atoms with Crippen LogP contribution in [0.3, 0.4) is 0 Å². The van der Waals surface area contributed by atoms with Crippen molar-refractivity contribution in [3.8, 4) is 5.69 Å². The van der Waals surface area contributed by atoms with Gasteiger partial charge in [-0.05, 0) is 37.1 Å². The maximum absolute atomic E-state index is 13.0. The third kappa shape index (κ3) is 5.42. The Hall–Kier alpha value is -3.57. The van der Waals surface area contributed by atoms with Gasteiger partial charge in [-0.3, -0.25) is 9.69 Å². The number of hydrogen-bond donors (Lipinski definition) is 0. The molecule has 194 valence electrons. The number of carbonyl (C=O) groups excluding carboxylic acids is 1. The Bertz CT molecular complexity index is 1160. The van der Waals surface area contributed by atoms with Gasteiger partial charge in [-0.1, -0.05) is 18.2 Å². The Kier molecular flexibility index (Phi) is 6.96. The first-order valence-corrected chi connectivity index (χ1v) is 13.2. The highest BCUT2D eigenvalue weighted by atomic mass is 16.5. The Morgan fingerprint density at radius 3 is 2.16 bits per heavy atom. The summed E-state index contributed by atoms with van der Waals surface area (Å²) >= 11 is 0. The highest BCUT2D eigenvalue weighted by Gasteiger charge is 2.26. The first kappa shape index (κ1) is 23.8. The van der Waals surface area contributed by atoms with Crippen LogP contribution in [-0.4, -0.2) is 113 Å². The lowest BCUT2D eigenvalue weighted by Crippen LogP contribution is -2.49. The van der Waals surface area contributed by atoms with Gasteiger partial charge in [-0.25, -0.2) is 0 Å². The molecule has 2 aromatic heterocycles. The summed E-state index contributed by atoms with van der Waals surface area (Å²) in [5.41, 5.74) is 1.19. The summed E-state index contributed by atoms with van der Waals surface area (Å²) in [6.07, 6.45) is 4.32. The molecule has 0 aliphatic carbocycles. The van der Waals surface area contributed by atoms with Gasteiger partial charge in [-0.2, -0.15) is 9.90 Å². The molecule has 1 aromatic carbocycles. The van der Waals surface area contributed by atoms with E-state index in [1.807, 2.05) is 41.3 Å². The summed E-state index contributed by atoms with van der Waals surface area (Å²) in [7, 11) is 0. The monoisotopic (exact) mass is 503 g/mol. The molecule has 1 atom stereocenters. The number of para-hydroxylation sites is 1. The molecule has 3 aromatic rings. The lowest BCUT2D eigenvalue weighted by molar-refractivity contribution is 0.0712. The van der Waals surface area contributed by atoms with Crippen molar-refractivity contribution in [3.05, 3.63) is 54.4 Å². The van der Waals surface area contributed by atoms with E-state index >= 15 is 0 Å². The summed E-state index contributed by atoms with van der Waals surface area (Å²) in [5, 5.41) is 17.7. The van der Waals surface area contributed by atoms with E-state index in [9.17, 15) is 4.79 Å². The van der Waals surface area contributed by atoms with E-state index in [0.29, 0.717) is 38.0 Å². The van der Waals surface area contributed by atoms with Crippen LogP contribution in [0.5, 0.6) is 0 Å². The van der Waals surface area contributed by atoms with Crippen molar-refractivity contribution in [2.75, 3.05) is 75.3 Å². The fourth-order valence-electron chi connectivity index (χ4n) is 5.24. The van der Waals surface area contributed by atoms with E-state index in [1.165, 1.54) is 23.8 Å². The van der Waals surface area contributed by atoms with E-state index in [1.54, 1.807) is 0 Å². The van der Waals surface area contributed by atoms with Crippen LogP contribution in [0.25, 0.3) is 5.69 Å². The molecule has 3 aliphatic heterocycles. The summed E-state index contributed by atoms with van der Waals surface area (Å²) in [6.45, 7) is 8.53. The number of amides is 1. The lowest BCUT2D eigenvalue weighted by atomic mass is 10.2. The second-order valence-corrected chi connectivity index (χ2v) is 9.81. The number of hydrogen-bond acceptors (Lipinski definition) is 9. The van der Waals surface area contributed by atoms with Gasteiger partial charge >= 0.3 is 0 Å². The van der Waals surface area contributed by atoms with Crippen LogP contribution in [0.2, 0.25) is 0 Å². The van der Waals surface area contributed by atoms with Crippen molar-refractivity contribution in [3.63, 3.8) is 0 Å². The number of anilines is 2. The largest absolute Gasteiger partial charge is 0.377 e. The van der Waals surface area contributed by atoms with Crippen LogP contribution < -0.4 is 9.80 Å². The fraction of sp³-hybridized carbons (Fsp3) is 0.500. The molecule has 11 heteroatoms. The summed E-state index contributed by atoms with van der Waals surface area (Å²) in [6, 6.07) is 13.7. The zero-order valence-electron chi connectivity index (χ0n) is 21.0. The molecular weight excluding hydrogens is 470 g/mol. The Balaban J connectivity index is 0.989. The molecule has 0 N–H and O–H groups in total. The summed E-state index contributed by atoms with van der Waals surface area (Å²) in [4.78, 5) is 23.3. The molecule has 3 fully saturated rings. The lowest BCUT2D eigenvalue weighted by Gasteiger charge is -2.36. The van der Waals surface area contributed by atoms with Crippen LogP contribution in [0, 0.1) is 0 Å². The number of aromatic nitrogens is 5. The van der Waals surface area contributed by atoms with Crippen molar-refractivity contribution < 1.29 is 9.53 Å². The van der Waals surface area contributed by atoms with Crippen molar-refractivity contribution >= 4 is 17.5 Å². The maximum Gasteiger partial charge on any atom is 0.276 e. The molecule has 3 saturated heterocycles. The van der Waals surface area contributed by atoms with Gasteiger partial charge in [0, 0.05) is 65.5 Å². The minimum atomic E-state index is -0.0955. The first-order valence-electron chi connectivity index (χ1n) is 13.2. The second-order valence-electron chi connectivity index (χ2n) is 9.81. The Labute approximate surface area is 216 Å². The van der Waals surface area contributed by atoms with Crippen LogP contribution in [-0.2, 0) is 4.74 Å². The van der Waals surface area contributed by atoms with E-state index in [-0.39, 0.29) is 5.91 Å². The standard InChI is InChI=1S/C26H33N9O2/c36-26(23-19-27-35(30-23)21-5-2-1-3-6-21)34-16-14-33(15-17-34)25-9-8-24(28-29-25)32-12-10-31(11-13-32)20-22-7-4-18-37-22/h1-3,5-6,8-9,19,22H,4,7,10-18,20H2. The molecule has 1 unspecified atom stereocenters. The van der Waals surface area contributed by atoms with Crippen LogP contribution in [0.4, 0.5) is 11.6 Å². The topological polar surface area (TPSA) is 95.8 Å². The number of piperazine rings is 2. The summed E-state index contributed by atoms with van der Waals surface area (Å²) in [5.74, 6) is 1.68. The van der Waals surface area contributed by atoms with Gasteiger partial charge in [0.25, 0.3) is 5.91 Å². The quantitative estimate of drug-likeness (QED) is 0.494. The maximum atomic E-state index is 13.0. The number of benzene rings is 1. The molecule has 37 heavy (non-hydrogen) atoms. The molecule has 5 heterocycles. The minimum Gasteiger partial charge on any atom is -0.377 e. The van der Waals surface area contributed by atoms with Gasteiger partial charge in [0.05, 0.1) is 18.0 Å².